The Morgan fingerprint density at radius 3 is 2.34 bits per heavy atom. The Bertz CT molecular complexity index is 1010. The van der Waals surface area contributed by atoms with Gasteiger partial charge in [0, 0.05) is 33.9 Å². The first-order valence-electron chi connectivity index (χ1n) is 10.3. The number of carbonyl (C=O) groups excluding carboxylic acids is 2. The molecule has 150 valence electrons. The van der Waals surface area contributed by atoms with Crippen molar-refractivity contribution in [2.45, 2.75) is 52.0 Å². The van der Waals surface area contributed by atoms with Gasteiger partial charge in [0.1, 0.15) is 0 Å². The molecule has 29 heavy (non-hydrogen) atoms. The van der Waals surface area contributed by atoms with Gasteiger partial charge in [0.05, 0.1) is 5.57 Å². The van der Waals surface area contributed by atoms with Gasteiger partial charge in [0.2, 0.25) is 0 Å². The van der Waals surface area contributed by atoms with Crippen molar-refractivity contribution in [2.24, 2.45) is 0 Å². The molecule has 0 fully saturated rings. The van der Waals surface area contributed by atoms with Crippen LogP contribution in [0.5, 0.6) is 0 Å². The molecule has 4 heteroatoms. The summed E-state index contributed by atoms with van der Waals surface area (Å²) in [5.74, 6) is -0.0722. The number of ketones is 2. The maximum atomic E-state index is 12.8. The highest BCUT2D eigenvalue weighted by Gasteiger charge is 2.37. The van der Waals surface area contributed by atoms with Crippen LogP contribution in [0.25, 0.3) is 6.08 Å². The molecule has 0 N–H and O–H groups in total. The largest absolute Gasteiger partial charge is 0.366 e. The predicted molar refractivity (Wildman–Crippen MR) is 119 cm³/mol. The van der Waals surface area contributed by atoms with Gasteiger partial charge >= 0.3 is 0 Å². The van der Waals surface area contributed by atoms with Crippen LogP contribution < -0.4 is 4.90 Å². The Balaban J connectivity index is 1.81. The van der Waals surface area contributed by atoms with Crippen molar-refractivity contribution in [1.82, 2.24) is 0 Å². The van der Waals surface area contributed by atoms with E-state index in [2.05, 4.69) is 38.7 Å². The fourth-order valence-electron chi connectivity index (χ4n) is 4.84. The molecule has 3 nitrogen and oxygen atoms in total. The van der Waals surface area contributed by atoms with Crippen molar-refractivity contribution >= 4 is 34.9 Å². The van der Waals surface area contributed by atoms with Gasteiger partial charge < -0.3 is 4.90 Å². The average molecular weight is 408 g/mol. The van der Waals surface area contributed by atoms with Crippen LogP contribution in [0.4, 0.5) is 5.69 Å². The van der Waals surface area contributed by atoms with Crippen LogP contribution in [0.1, 0.15) is 78.3 Å². The van der Waals surface area contributed by atoms with E-state index in [0.29, 0.717) is 22.1 Å². The normalized spacial score (nSPS) is 20.0. The number of hydrogen-bond acceptors (Lipinski definition) is 3. The maximum absolute atomic E-state index is 12.8. The summed E-state index contributed by atoms with van der Waals surface area (Å²) in [7, 11) is 0. The molecule has 1 unspecified atom stereocenters. The Morgan fingerprint density at radius 1 is 1.14 bits per heavy atom. The van der Waals surface area contributed by atoms with E-state index in [0.717, 1.165) is 30.6 Å². The van der Waals surface area contributed by atoms with Crippen LogP contribution in [0, 0.1) is 0 Å². The Hall–Kier alpha value is -2.39. The van der Waals surface area contributed by atoms with Crippen LogP contribution in [-0.2, 0) is 0 Å². The minimum atomic E-state index is -0.221. The monoisotopic (exact) mass is 407 g/mol. The predicted octanol–water partition coefficient (Wildman–Crippen LogP) is 6.30. The van der Waals surface area contributed by atoms with E-state index in [-0.39, 0.29) is 22.7 Å². The first-order chi connectivity index (χ1) is 13.7. The van der Waals surface area contributed by atoms with E-state index in [1.807, 2.05) is 6.07 Å². The third-order valence-electron chi connectivity index (χ3n) is 6.16. The molecule has 0 bridgehead atoms. The first-order valence-corrected chi connectivity index (χ1v) is 10.6. The van der Waals surface area contributed by atoms with E-state index in [4.69, 9.17) is 11.6 Å². The van der Waals surface area contributed by atoms with E-state index in [1.165, 1.54) is 5.56 Å². The molecular formula is C25H26ClNO2. The van der Waals surface area contributed by atoms with Crippen molar-refractivity contribution < 1.29 is 9.59 Å². The number of hydrogen-bond donors (Lipinski definition) is 0. The van der Waals surface area contributed by atoms with Gasteiger partial charge in [-0.05, 0) is 61.9 Å². The highest BCUT2D eigenvalue weighted by atomic mass is 35.5. The van der Waals surface area contributed by atoms with Crippen molar-refractivity contribution in [2.75, 3.05) is 11.4 Å². The van der Waals surface area contributed by atoms with Gasteiger partial charge in [0.15, 0.2) is 11.6 Å². The molecule has 1 heterocycles. The lowest BCUT2D eigenvalue weighted by Gasteiger charge is -2.47. The summed E-state index contributed by atoms with van der Waals surface area (Å²) >= 11 is 6.66. The van der Waals surface area contributed by atoms with E-state index in [1.54, 1.807) is 30.3 Å². The smallest absolute Gasteiger partial charge is 0.197 e. The average Bonchev–Trinajstić information content (AvgIpc) is 2.91. The van der Waals surface area contributed by atoms with Gasteiger partial charge in [0.25, 0.3) is 0 Å². The van der Waals surface area contributed by atoms with Crippen molar-refractivity contribution in [1.29, 1.82) is 0 Å². The number of allylic oxidation sites excluding steroid dienone is 1. The molecule has 0 amide bonds. The zero-order valence-electron chi connectivity index (χ0n) is 17.4. The van der Waals surface area contributed by atoms with Crippen LogP contribution in [0.15, 0.2) is 42.0 Å². The van der Waals surface area contributed by atoms with Crippen LogP contribution in [-0.4, -0.2) is 23.7 Å². The summed E-state index contributed by atoms with van der Waals surface area (Å²) in [6.45, 7) is 9.94. The highest BCUT2D eigenvalue weighted by Crippen LogP contribution is 2.45. The van der Waals surface area contributed by atoms with Crippen LogP contribution in [0.2, 0.25) is 5.02 Å². The lowest BCUT2D eigenvalue weighted by molar-refractivity contribution is 0.0990. The minimum Gasteiger partial charge on any atom is -0.366 e. The summed E-state index contributed by atoms with van der Waals surface area (Å²) in [5.41, 5.74) is 4.33. The lowest BCUT2D eigenvalue weighted by Crippen LogP contribution is -2.48. The molecule has 4 rings (SSSR count). The molecule has 1 aliphatic carbocycles. The number of Topliss-reactive ketones (excluding diaryl/α,β-unsaturated/α-hetero) is 2. The Labute approximate surface area is 177 Å². The third kappa shape index (κ3) is 3.22. The van der Waals surface area contributed by atoms with Gasteiger partial charge in [-0.1, -0.05) is 49.7 Å². The van der Waals surface area contributed by atoms with Gasteiger partial charge in [-0.25, -0.2) is 0 Å². The maximum Gasteiger partial charge on any atom is 0.197 e. The molecule has 2 aromatic carbocycles. The van der Waals surface area contributed by atoms with Gasteiger partial charge in [-0.15, -0.1) is 0 Å². The Morgan fingerprint density at radius 2 is 1.76 bits per heavy atom. The van der Waals surface area contributed by atoms with E-state index in [9.17, 15) is 9.59 Å². The quantitative estimate of drug-likeness (QED) is 0.442. The van der Waals surface area contributed by atoms with E-state index < -0.39 is 0 Å². The number of anilines is 1. The number of fused-ring (bicyclic) bond motifs is 2. The summed E-state index contributed by atoms with van der Waals surface area (Å²) < 4.78 is 0. The molecular weight excluding hydrogens is 382 g/mol. The number of rotatable bonds is 3. The van der Waals surface area contributed by atoms with Crippen molar-refractivity contribution in [3.8, 4) is 0 Å². The molecule has 0 radical (unpaired) electrons. The number of carbonyl (C=O) groups is 2. The molecule has 0 saturated carbocycles. The van der Waals surface area contributed by atoms with Crippen molar-refractivity contribution in [3.63, 3.8) is 0 Å². The summed E-state index contributed by atoms with van der Waals surface area (Å²) in [5, 5.41) is 0.568. The highest BCUT2D eigenvalue weighted by molar-refractivity contribution is 6.42. The van der Waals surface area contributed by atoms with E-state index >= 15 is 0 Å². The SMILES string of the molecule is CCCN1c2cc(Cl)c(C=C3C(=O)c4ccccc4C3=O)cc2C(C)CC1(C)C. The second-order valence-corrected chi connectivity index (χ2v) is 9.17. The summed E-state index contributed by atoms with van der Waals surface area (Å²) in [4.78, 5) is 28.0. The standard InChI is InChI=1S/C25H26ClNO2/c1-5-10-27-22-13-21(26)16(11-19(22)15(2)14-25(27,3)4)12-20-23(28)17-8-6-7-9-18(17)24(20)29/h6-9,11-13,15H,5,10,14H2,1-4H3. The molecule has 1 atom stereocenters. The van der Waals surface area contributed by atoms with Crippen molar-refractivity contribution in [3.05, 3.63) is 69.2 Å². The molecule has 0 saturated heterocycles. The summed E-state index contributed by atoms with van der Waals surface area (Å²) in [6.07, 6.45) is 3.77. The zero-order valence-corrected chi connectivity index (χ0v) is 18.1. The number of halogens is 1. The molecule has 0 spiro atoms. The number of nitrogens with zero attached hydrogens (tertiary/aromatic N) is 1. The first kappa shape index (κ1) is 19.9. The molecule has 2 aliphatic rings. The van der Waals surface area contributed by atoms with Gasteiger partial charge in [-0.2, -0.15) is 0 Å². The number of benzene rings is 2. The fraction of sp³-hybridized carbons (Fsp3) is 0.360. The van der Waals surface area contributed by atoms with Gasteiger partial charge in [-0.3, -0.25) is 9.59 Å². The third-order valence-corrected chi connectivity index (χ3v) is 6.48. The topological polar surface area (TPSA) is 37.4 Å². The second-order valence-electron chi connectivity index (χ2n) is 8.76. The fourth-order valence-corrected chi connectivity index (χ4v) is 5.05. The minimum absolute atomic E-state index is 0.0603. The molecule has 1 aliphatic heterocycles. The Kier molecular flexibility index (Phi) is 4.90. The lowest BCUT2D eigenvalue weighted by atomic mass is 9.79. The zero-order chi connectivity index (χ0) is 20.9. The van der Waals surface area contributed by atoms with Crippen LogP contribution in [0.3, 0.4) is 0 Å². The molecule has 0 aromatic heterocycles. The molecule has 2 aromatic rings. The van der Waals surface area contributed by atoms with Crippen LogP contribution >= 0.6 is 11.6 Å². The summed E-state index contributed by atoms with van der Waals surface area (Å²) in [6, 6.07) is 11.1. The second kappa shape index (κ2) is 7.14.